The third-order valence-electron chi connectivity index (χ3n) is 3.88. The normalized spacial score (nSPS) is 11.4. The van der Waals surface area contributed by atoms with Crippen molar-refractivity contribution in [2.45, 2.75) is 19.6 Å². The van der Waals surface area contributed by atoms with Crippen LogP contribution in [0.3, 0.4) is 0 Å². The molecule has 1 N–H and O–H groups in total. The molecule has 0 aliphatic rings. The Hall–Kier alpha value is -2.60. The fourth-order valence-corrected chi connectivity index (χ4v) is 2.84. The Morgan fingerprint density at radius 1 is 0.962 bits per heavy atom. The van der Waals surface area contributed by atoms with Crippen LogP contribution in [-0.4, -0.2) is 9.97 Å². The number of hydrogen-bond donors (Lipinski definition) is 1. The summed E-state index contributed by atoms with van der Waals surface area (Å²) in [6.45, 7) is 2.07. The molecule has 0 fully saturated rings. The van der Waals surface area contributed by atoms with Crippen LogP contribution in [-0.2, 0) is 12.7 Å². The molecule has 7 heteroatoms. The van der Waals surface area contributed by atoms with E-state index < -0.39 is 11.7 Å². The van der Waals surface area contributed by atoms with Crippen molar-refractivity contribution in [3.05, 3.63) is 76.6 Å². The molecule has 0 saturated carbocycles. The summed E-state index contributed by atoms with van der Waals surface area (Å²) < 4.78 is 39.7. The van der Waals surface area contributed by atoms with Crippen LogP contribution in [0.2, 0.25) is 5.15 Å². The molecule has 0 atom stereocenters. The molecule has 26 heavy (non-hydrogen) atoms. The molecule has 1 heterocycles. The molecular formula is C19H15ClF3N3. The number of halogens is 4. The number of alkyl halides is 3. The van der Waals surface area contributed by atoms with Crippen LogP contribution in [0.1, 0.15) is 16.8 Å². The van der Waals surface area contributed by atoms with Crippen molar-refractivity contribution in [2.75, 3.05) is 5.32 Å². The van der Waals surface area contributed by atoms with Gasteiger partial charge in [0.1, 0.15) is 5.15 Å². The predicted octanol–water partition coefficient (Wildman–Crippen LogP) is 5.74. The maximum Gasteiger partial charge on any atom is 0.417 e. The Labute approximate surface area is 153 Å². The molecule has 0 bridgehead atoms. The van der Waals surface area contributed by atoms with Crippen LogP contribution in [0.25, 0.3) is 11.4 Å². The highest BCUT2D eigenvalue weighted by Crippen LogP contribution is 2.36. The number of aromatic nitrogens is 2. The summed E-state index contributed by atoms with van der Waals surface area (Å²) in [5.74, 6) is -0.0381. The van der Waals surface area contributed by atoms with E-state index in [0.717, 1.165) is 11.8 Å². The lowest BCUT2D eigenvalue weighted by atomic mass is 10.1. The van der Waals surface area contributed by atoms with E-state index in [1.165, 1.54) is 18.2 Å². The van der Waals surface area contributed by atoms with Gasteiger partial charge in [-0.3, -0.25) is 0 Å². The fourth-order valence-electron chi connectivity index (χ4n) is 2.55. The van der Waals surface area contributed by atoms with Crippen molar-refractivity contribution < 1.29 is 13.2 Å². The van der Waals surface area contributed by atoms with E-state index in [0.29, 0.717) is 17.8 Å². The van der Waals surface area contributed by atoms with Gasteiger partial charge in [-0.05, 0) is 25.1 Å². The Morgan fingerprint density at radius 2 is 1.62 bits per heavy atom. The number of benzene rings is 2. The topological polar surface area (TPSA) is 37.8 Å². The number of anilines is 1. The average molecular weight is 378 g/mol. The molecule has 3 nitrogen and oxygen atoms in total. The van der Waals surface area contributed by atoms with Gasteiger partial charge in [0.15, 0.2) is 5.82 Å². The van der Waals surface area contributed by atoms with E-state index in [1.54, 1.807) is 6.92 Å². The third-order valence-corrected chi connectivity index (χ3v) is 4.19. The number of nitrogens with one attached hydrogen (secondary N) is 1. The minimum absolute atomic E-state index is 0.0381. The van der Waals surface area contributed by atoms with Crippen molar-refractivity contribution in [3.8, 4) is 11.4 Å². The number of para-hydroxylation sites is 1. The first-order valence-electron chi connectivity index (χ1n) is 7.85. The summed E-state index contributed by atoms with van der Waals surface area (Å²) in [4.78, 5) is 8.36. The summed E-state index contributed by atoms with van der Waals surface area (Å²) >= 11 is 6.25. The summed E-state index contributed by atoms with van der Waals surface area (Å²) in [5.41, 5.74) is 1.19. The summed E-state index contributed by atoms with van der Waals surface area (Å²) in [6.07, 6.45) is -4.49. The minimum Gasteiger partial charge on any atom is -0.381 e. The van der Waals surface area contributed by atoms with Crippen molar-refractivity contribution in [1.82, 2.24) is 9.97 Å². The van der Waals surface area contributed by atoms with E-state index in [2.05, 4.69) is 15.3 Å². The van der Waals surface area contributed by atoms with E-state index in [1.807, 2.05) is 30.3 Å². The zero-order chi connectivity index (χ0) is 18.7. The van der Waals surface area contributed by atoms with Crippen LogP contribution in [0.4, 0.5) is 18.9 Å². The molecule has 3 aromatic rings. The van der Waals surface area contributed by atoms with E-state index in [9.17, 15) is 13.2 Å². The highest BCUT2D eigenvalue weighted by Gasteiger charge is 2.34. The van der Waals surface area contributed by atoms with Gasteiger partial charge in [-0.25, -0.2) is 9.97 Å². The second kappa shape index (κ2) is 7.33. The zero-order valence-electron chi connectivity index (χ0n) is 13.8. The first-order chi connectivity index (χ1) is 12.4. The van der Waals surface area contributed by atoms with Crippen LogP contribution >= 0.6 is 11.6 Å². The molecule has 0 amide bonds. The van der Waals surface area contributed by atoms with Gasteiger partial charge in [0.25, 0.3) is 0 Å². The molecule has 0 saturated heterocycles. The van der Waals surface area contributed by atoms with Gasteiger partial charge in [0, 0.05) is 29.1 Å². The molecule has 3 rings (SSSR count). The Balaban J connectivity index is 1.93. The molecule has 0 aliphatic carbocycles. The quantitative estimate of drug-likeness (QED) is 0.589. The molecule has 134 valence electrons. The molecule has 0 radical (unpaired) electrons. The summed E-state index contributed by atoms with van der Waals surface area (Å²) in [6, 6.07) is 14.7. The second-order valence-corrected chi connectivity index (χ2v) is 6.02. The smallest absolute Gasteiger partial charge is 0.381 e. The van der Waals surface area contributed by atoms with Gasteiger partial charge >= 0.3 is 6.18 Å². The Bertz CT molecular complexity index is 888. The van der Waals surface area contributed by atoms with Crippen molar-refractivity contribution in [3.63, 3.8) is 0 Å². The lowest BCUT2D eigenvalue weighted by molar-refractivity contribution is -0.137. The Kier molecular flexibility index (Phi) is 5.13. The lowest BCUT2D eigenvalue weighted by Crippen LogP contribution is -2.10. The zero-order valence-corrected chi connectivity index (χ0v) is 14.6. The maximum absolute atomic E-state index is 13.2. The third kappa shape index (κ3) is 3.96. The van der Waals surface area contributed by atoms with E-state index >= 15 is 0 Å². The van der Waals surface area contributed by atoms with Gasteiger partial charge in [-0.2, -0.15) is 13.2 Å². The number of aryl methyl sites for hydroxylation is 1. The van der Waals surface area contributed by atoms with Gasteiger partial charge in [0.2, 0.25) is 0 Å². The summed E-state index contributed by atoms with van der Waals surface area (Å²) in [5, 5.41) is 3.33. The molecule has 2 aromatic carbocycles. The molecule has 0 spiro atoms. The Morgan fingerprint density at radius 3 is 2.27 bits per heavy atom. The molecular weight excluding hydrogens is 363 g/mol. The van der Waals surface area contributed by atoms with E-state index in [-0.39, 0.29) is 16.5 Å². The van der Waals surface area contributed by atoms with Crippen LogP contribution in [0.5, 0.6) is 0 Å². The largest absolute Gasteiger partial charge is 0.417 e. The van der Waals surface area contributed by atoms with Gasteiger partial charge in [-0.1, -0.05) is 48.0 Å². The first kappa shape index (κ1) is 18.2. The number of rotatable bonds is 4. The van der Waals surface area contributed by atoms with Gasteiger partial charge < -0.3 is 5.32 Å². The fraction of sp³-hybridized carbons (Fsp3) is 0.158. The van der Waals surface area contributed by atoms with Crippen LogP contribution < -0.4 is 5.32 Å². The first-order valence-corrected chi connectivity index (χ1v) is 8.22. The predicted molar refractivity (Wildman–Crippen MR) is 96.0 cm³/mol. The highest BCUT2D eigenvalue weighted by molar-refractivity contribution is 6.30. The van der Waals surface area contributed by atoms with Crippen LogP contribution in [0, 0.1) is 6.92 Å². The second-order valence-electron chi connectivity index (χ2n) is 5.66. The number of hydrogen-bond acceptors (Lipinski definition) is 3. The van der Waals surface area contributed by atoms with E-state index in [4.69, 9.17) is 11.6 Å². The molecule has 1 aromatic heterocycles. The highest BCUT2D eigenvalue weighted by atomic mass is 35.5. The van der Waals surface area contributed by atoms with Crippen molar-refractivity contribution in [1.29, 1.82) is 0 Å². The van der Waals surface area contributed by atoms with Gasteiger partial charge in [0.05, 0.1) is 5.56 Å². The van der Waals surface area contributed by atoms with Gasteiger partial charge in [-0.15, -0.1) is 0 Å². The van der Waals surface area contributed by atoms with Crippen molar-refractivity contribution in [2.24, 2.45) is 0 Å². The standard InChI is InChI=1S/C19H15ClF3N3/c1-12-15(11-24-13-7-3-2-4-8-13)17(20)26-18(25-12)14-9-5-6-10-16(14)19(21,22)23/h2-10,24H,11H2,1H3. The monoisotopic (exact) mass is 377 g/mol. The maximum atomic E-state index is 13.2. The summed E-state index contributed by atoms with van der Waals surface area (Å²) in [7, 11) is 0. The SMILES string of the molecule is Cc1nc(-c2ccccc2C(F)(F)F)nc(Cl)c1CNc1ccccc1. The average Bonchev–Trinajstić information content (AvgIpc) is 2.61. The lowest BCUT2D eigenvalue weighted by Gasteiger charge is -2.14. The number of nitrogens with zero attached hydrogens (tertiary/aromatic N) is 2. The molecule has 0 unspecified atom stereocenters. The van der Waals surface area contributed by atoms with Crippen molar-refractivity contribution >= 4 is 17.3 Å². The minimum atomic E-state index is -4.49. The molecule has 0 aliphatic heterocycles. The van der Waals surface area contributed by atoms with Crippen LogP contribution in [0.15, 0.2) is 54.6 Å².